The van der Waals surface area contributed by atoms with Crippen molar-refractivity contribution in [3.8, 4) is 0 Å². The maximum absolute atomic E-state index is 10.1. The SMILES string of the molecule is CCCC/C(=N/O)C(=O)O. The molecule has 4 heteroatoms. The Morgan fingerprint density at radius 1 is 1.60 bits per heavy atom. The number of carboxylic acids is 1. The van der Waals surface area contributed by atoms with E-state index in [0.717, 1.165) is 12.8 Å². The first-order chi connectivity index (χ1) is 4.72. The van der Waals surface area contributed by atoms with Gasteiger partial charge in [0.25, 0.3) is 0 Å². The highest BCUT2D eigenvalue weighted by Gasteiger charge is 2.07. The van der Waals surface area contributed by atoms with Crippen LogP contribution in [0.15, 0.2) is 5.16 Å². The molecule has 0 saturated heterocycles. The Bertz CT molecular complexity index is 142. The van der Waals surface area contributed by atoms with Gasteiger partial charge in [-0.3, -0.25) is 0 Å². The molecule has 0 aliphatic carbocycles. The normalized spacial score (nSPS) is 11.5. The number of oxime groups is 1. The molecule has 0 bridgehead atoms. The molecule has 0 aromatic rings. The maximum Gasteiger partial charge on any atom is 0.353 e. The average Bonchev–Trinajstić information content (AvgIpc) is 1.89. The van der Waals surface area contributed by atoms with Crippen LogP contribution in [0.2, 0.25) is 0 Å². The van der Waals surface area contributed by atoms with Gasteiger partial charge in [-0.1, -0.05) is 18.5 Å². The molecule has 0 rings (SSSR count). The number of aliphatic carboxylic acids is 1. The van der Waals surface area contributed by atoms with Gasteiger partial charge in [-0.25, -0.2) is 4.79 Å². The fourth-order valence-corrected chi connectivity index (χ4v) is 0.544. The highest BCUT2D eigenvalue weighted by atomic mass is 16.4. The predicted molar refractivity (Wildman–Crippen MR) is 36.4 cm³/mol. The summed E-state index contributed by atoms with van der Waals surface area (Å²) < 4.78 is 0. The van der Waals surface area contributed by atoms with Crippen LogP contribution < -0.4 is 0 Å². The van der Waals surface area contributed by atoms with Gasteiger partial charge in [-0.15, -0.1) is 0 Å². The molecular weight excluding hydrogens is 134 g/mol. The third-order valence-electron chi connectivity index (χ3n) is 1.13. The van der Waals surface area contributed by atoms with E-state index in [-0.39, 0.29) is 5.71 Å². The van der Waals surface area contributed by atoms with Crippen LogP contribution in [-0.4, -0.2) is 22.0 Å². The van der Waals surface area contributed by atoms with Gasteiger partial charge in [-0.2, -0.15) is 0 Å². The van der Waals surface area contributed by atoms with Crippen molar-refractivity contribution in [2.45, 2.75) is 26.2 Å². The van der Waals surface area contributed by atoms with Gasteiger partial charge in [0.2, 0.25) is 0 Å². The summed E-state index contributed by atoms with van der Waals surface area (Å²) in [5, 5.41) is 19.1. The van der Waals surface area contributed by atoms with Gasteiger partial charge >= 0.3 is 5.97 Å². The van der Waals surface area contributed by atoms with E-state index in [1.165, 1.54) is 0 Å². The number of unbranched alkanes of at least 4 members (excludes halogenated alkanes) is 1. The van der Waals surface area contributed by atoms with Crippen LogP contribution in [0.5, 0.6) is 0 Å². The van der Waals surface area contributed by atoms with Crippen molar-refractivity contribution in [3.05, 3.63) is 0 Å². The minimum absolute atomic E-state index is 0.165. The number of carbonyl (C=O) groups is 1. The first-order valence-electron chi connectivity index (χ1n) is 3.16. The zero-order chi connectivity index (χ0) is 7.98. The number of carboxylic acid groups (broad SMARTS) is 1. The van der Waals surface area contributed by atoms with Gasteiger partial charge in [0.1, 0.15) is 0 Å². The quantitative estimate of drug-likeness (QED) is 0.353. The van der Waals surface area contributed by atoms with E-state index in [2.05, 4.69) is 5.16 Å². The third kappa shape index (κ3) is 3.06. The molecule has 58 valence electrons. The number of hydrogen-bond donors (Lipinski definition) is 2. The van der Waals surface area contributed by atoms with Crippen molar-refractivity contribution in [1.29, 1.82) is 0 Å². The summed E-state index contributed by atoms with van der Waals surface area (Å²) >= 11 is 0. The van der Waals surface area contributed by atoms with Crippen molar-refractivity contribution in [2.24, 2.45) is 5.16 Å². The molecule has 0 aliphatic rings. The van der Waals surface area contributed by atoms with Crippen LogP contribution in [-0.2, 0) is 4.79 Å². The van der Waals surface area contributed by atoms with Crippen molar-refractivity contribution in [1.82, 2.24) is 0 Å². The van der Waals surface area contributed by atoms with E-state index in [1.807, 2.05) is 6.92 Å². The minimum Gasteiger partial charge on any atom is -0.477 e. The van der Waals surface area contributed by atoms with Crippen molar-refractivity contribution >= 4 is 11.7 Å². The highest BCUT2D eigenvalue weighted by molar-refractivity contribution is 6.35. The van der Waals surface area contributed by atoms with Crippen LogP contribution in [0.1, 0.15) is 26.2 Å². The van der Waals surface area contributed by atoms with E-state index < -0.39 is 5.97 Å². The highest BCUT2D eigenvalue weighted by Crippen LogP contribution is 1.96. The Kier molecular flexibility index (Phi) is 4.28. The first kappa shape index (κ1) is 8.94. The van der Waals surface area contributed by atoms with Gasteiger partial charge in [0, 0.05) is 6.42 Å². The Morgan fingerprint density at radius 3 is 2.50 bits per heavy atom. The monoisotopic (exact) mass is 145 g/mol. The Morgan fingerprint density at radius 2 is 2.20 bits per heavy atom. The fourth-order valence-electron chi connectivity index (χ4n) is 0.544. The summed E-state index contributed by atoms with van der Waals surface area (Å²) in [5.74, 6) is -1.14. The summed E-state index contributed by atoms with van der Waals surface area (Å²) in [5.41, 5.74) is -0.165. The lowest BCUT2D eigenvalue weighted by Crippen LogP contribution is -2.12. The van der Waals surface area contributed by atoms with Crippen LogP contribution in [0.25, 0.3) is 0 Å². The Labute approximate surface area is 59.2 Å². The zero-order valence-electron chi connectivity index (χ0n) is 5.87. The second-order valence-electron chi connectivity index (χ2n) is 1.96. The topological polar surface area (TPSA) is 69.9 Å². The summed E-state index contributed by atoms with van der Waals surface area (Å²) in [7, 11) is 0. The molecule has 0 atom stereocenters. The lowest BCUT2D eigenvalue weighted by Gasteiger charge is -1.94. The molecular formula is C6H11NO3. The first-order valence-corrected chi connectivity index (χ1v) is 3.16. The van der Waals surface area contributed by atoms with E-state index in [9.17, 15) is 4.79 Å². The van der Waals surface area contributed by atoms with Gasteiger partial charge in [0.05, 0.1) is 0 Å². The van der Waals surface area contributed by atoms with Crippen molar-refractivity contribution < 1.29 is 15.1 Å². The molecule has 0 saturated carbocycles. The minimum atomic E-state index is -1.14. The van der Waals surface area contributed by atoms with E-state index in [1.54, 1.807) is 0 Å². The molecule has 0 aromatic carbocycles. The van der Waals surface area contributed by atoms with Crippen LogP contribution in [0.4, 0.5) is 0 Å². The van der Waals surface area contributed by atoms with Crippen molar-refractivity contribution in [2.75, 3.05) is 0 Å². The smallest absolute Gasteiger partial charge is 0.353 e. The summed E-state index contributed by atoms with van der Waals surface area (Å²) in [6.07, 6.45) is 1.97. The Hall–Kier alpha value is -1.06. The standard InChI is InChI=1S/C6H11NO3/c1-2-3-4-5(7-10)6(8)9/h10H,2-4H2,1H3,(H,8,9)/b7-5-. The number of rotatable bonds is 4. The van der Waals surface area contributed by atoms with Gasteiger partial charge < -0.3 is 10.3 Å². The van der Waals surface area contributed by atoms with Gasteiger partial charge in [0.15, 0.2) is 5.71 Å². The molecule has 0 unspecified atom stereocenters. The molecule has 0 fully saturated rings. The molecule has 0 spiro atoms. The second-order valence-corrected chi connectivity index (χ2v) is 1.96. The fraction of sp³-hybridized carbons (Fsp3) is 0.667. The van der Waals surface area contributed by atoms with Crippen LogP contribution in [0.3, 0.4) is 0 Å². The van der Waals surface area contributed by atoms with E-state index >= 15 is 0 Å². The van der Waals surface area contributed by atoms with E-state index in [4.69, 9.17) is 10.3 Å². The van der Waals surface area contributed by atoms with Gasteiger partial charge in [-0.05, 0) is 6.42 Å². The molecule has 0 amide bonds. The summed E-state index contributed by atoms with van der Waals surface area (Å²) in [6, 6.07) is 0. The molecule has 0 aromatic heterocycles. The van der Waals surface area contributed by atoms with E-state index in [0.29, 0.717) is 6.42 Å². The Balaban J connectivity index is 3.74. The second kappa shape index (κ2) is 4.78. The average molecular weight is 145 g/mol. The van der Waals surface area contributed by atoms with Crippen LogP contribution in [0, 0.1) is 0 Å². The molecule has 0 radical (unpaired) electrons. The van der Waals surface area contributed by atoms with Crippen molar-refractivity contribution in [3.63, 3.8) is 0 Å². The number of nitrogens with zero attached hydrogens (tertiary/aromatic N) is 1. The third-order valence-corrected chi connectivity index (χ3v) is 1.13. The molecule has 0 aliphatic heterocycles. The molecule has 4 nitrogen and oxygen atoms in total. The predicted octanol–water partition coefficient (Wildman–Crippen LogP) is 1.09. The zero-order valence-corrected chi connectivity index (χ0v) is 5.87. The van der Waals surface area contributed by atoms with Crippen LogP contribution >= 0.6 is 0 Å². The number of hydrogen-bond acceptors (Lipinski definition) is 3. The maximum atomic E-state index is 10.1. The summed E-state index contributed by atoms with van der Waals surface area (Å²) in [6.45, 7) is 1.94. The lowest BCUT2D eigenvalue weighted by molar-refractivity contribution is -0.129. The largest absolute Gasteiger partial charge is 0.477 e. The molecule has 10 heavy (non-hydrogen) atoms. The lowest BCUT2D eigenvalue weighted by atomic mass is 10.2. The molecule has 0 heterocycles. The summed E-state index contributed by atoms with van der Waals surface area (Å²) in [4.78, 5) is 10.1. The molecule has 2 N–H and O–H groups in total.